The van der Waals surface area contributed by atoms with Crippen molar-refractivity contribution in [2.75, 3.05) is 5.32 Å². The predicted octanol–water partition coefficient (Wildman–Crippen LogP) is 2.44. The number of aliphatic hydroxyl groups is 1. The van der Waals surface area contributed by atoms with Crippen LogP contribution in [0.5, 0.6) is 0 Å². The molecule has 1 amide bonds. The van der Waals surface area contributed by atoms with Crippen molar-refractivity contribution in [1.82, 2.24) is 5.32 Å². The smallest absolute Gasteiger partial charge is 0.257 e. The van der Waals surface area contributed by atoms with E-state index in [0.29, 0.717) is 5.56 Å². The molecule has 0 heterocycles. The largest absolute Gasteiger partial charge is 0.392 e. The average molecular weight is 304 g/mol. The molecule has 0 saturated heterocycles. The summed E-state index contributed by atoms with van der Waals surface area (Å²) in [6.07, 6.45) is 0. The van der Waals surface area contributed by atoms with E-state index in [4.69, 9.17) is 17.3 Å². The molecule has 2 rings (SSSR count). The van der Waals surface area contributed by atoms with Crippen LogP contribution in [0.25, 0.3) is 0 Å². The van der Waals surface area contributed by atoms with Crippen molar-refractivity contribution >= 4 is 28.9 Å². The lowest BCUT2D eigenvalue weighted by atomic mass is 10.2. The summed E-state index contributed by atoms with van der Waals surface area (Å²) in [7, 11) is 0. The number of nitrogens with one attached hydrogen (secondary N) is 2. The number of rotatable bonds is 3. The van der Waals surface area contributed by atoms with Crippen LogP contribution < -0.4 is 10.6 Å². The Labute approximate surface area is 126 Å². The van der Waals surface area contributed by atoms with Gasteiger partial charge in [-0.2, -0.15) is 0 Å². The molecular weight excluding hydrogens is 291 g/mol. The van der Waals surface area contributed by atoms with Crippen molar-refractivity contribution in [1.29, 1.82) is 0 Å². The Balaban J connectivity index is 2.04. The lowest BCUT2D eigenvalue weighted by molar-refractivity contribution is 0.0977. The highest BCUT2D eigenvalue weighted by Crippen LogP contribution is 2.17. The number of thiocarbonyl (C=S) groups is 1. The Kier molecular flexibility index (Phi) is 4.97. The molecule has 3 N–H and O–H groups in total. The fraction of sp³-hybridized carbons (Fsp3) is 0.0667. The van der Waals surface area contributed by atoms with Crippen molar-refractivity contribution in [3.63, 3.8) is 0 Å². The molecule has 0 aliphatic carbocycles. The van der Waals surface area contributed by atoms with Gasteiger partial charge in [0.1, 0.15) is 0 Å². The van der Waals surface area contributed by atoms with Crippen molar-refractivity contribution in [2.24, 2.45) is 0 Å². The van der Waals surface area contributed by atoms with Gasteiger partial charge < -0.3 is 10.4 Å². The number of hydrogen-bond donors (Lipinski definition) is 3. The van der Waals surface area contributed by atoms with Crippen LogP contribution in [0, 0.1) is 5.82 Å². The lowest BCUT2D eigenvalue weighted by Gasteiger charge is -2.11. The van der Waals surface area contributed by atoms with Crippen molar-refractivity contribution in [3.05, 3.63) is 65.5 Å². The van der Waals surface area contributed by atoms with Gasteiger partial charge >= 0.3 is 0 Å². The zero-order valence-corrected chi connectivity index (χ0v) is 11.8. The van der Waals surface area contributed by atoms with Gasteiger partial charge in [-0.3, -0.25) is 10.1 Å². The number of hydrogen-bond acceptors (Lipinski definition) is 3. The highest BCUT2D eigenvalue weighted by molar-refractivity contribution is 7.80. The van der Waals surface area contributed by atoms with Crippen LogP contribution in [0.4, 0.5) is 10.1 Å². The summed E-state index contributed by atoms with van der Waals surface area (Å²) in [5.74, 6) is -0.983. The van der Waals surface area contributed by atoms with Crippen molar-refractivity contribution < 1.29 is 14.3 Å². The van der Waals surface area contributed by atoms with Crippen molar-refractivity contribution in [2.45, 2.75) is 6.61 Å². The first kappa shape index (κ1) is 15.1. The van der Waals surface area contributed by atoms with E-state index in [1.165, 1.54) is 12.1 Å². The van der Waals surface area contributed by atoms with E-state index < -0.39 is 12.4 Å². The maximum Gasteiger partial charge on any atom is 0.257 e. The Hall–Kier alpha value is -2.31. The minimum Gasteiger partial charge on any atom is -0.392 e. The molecule has 0 atom stereocenters. The second-order valence-electron chi connectivity index (χ2n) is 4.21. The fourth-order valence-electron chi connectivity index (χ4n) is 1.72. The third-order valence-corrected chi connectivity index (χ3v) is 2.96. The predicted molar refractivity (Wildman–Crippen MR) is 82.5 cm³/mol. The number of amides is 1. The summed E-state index contributed by atoms with van der Waals surface area (Å²) >= 11 is 4.98. The Bertz CT molecular complexity index is 662. The molecular formula is C15H13FN2O2S. The van der Waals surface area contributed by atoms with E-state index >= 15 is 0 Å². The van der Waals surface area contributed by atoms with Crippen molar-refractivity contribution in [3.8, 4) is 0 Å². The lowest BCUT2D eigenvalue weighted by Crippen LogP contribution is -2.34. The average Bonchev–Trinajstić information content (AvgIpc) is 2.50. The van der Waals surface area contributed by atoms with Gasteiger partial charge in [0.05, 0.1) is 12.3 Å². The molecule has 2 aromatic rings. The van der Waals surface area contributed by atoms with E-state index in [0.717, 1.165) is 0 Å². The number of benzene rings is 2. The molecule has 0 aliphatic rings. The van der Waals surface area contributed by atoms with Gasteiger partial charge in [-0.1, -0.05) is 30.3 Å². The van der Waals surface area contributed by atoms with Gasteiger partial charge in [0.2, 0.25) is 0 Å². The summed E-state index contributed by atoms with van der Waals surface area (Å²) in [5, 5.41) is 14.0. The molecule has 108 valence electrons. The molecule has 0 spiro atoms. The molecule has 0 fully saturated rings. The molecule has 0 aliphatic heterocycles. The molecule has 4 nitrogen and oxygen atoms in total. The molecule has 0 radical (unpaired) electrons. The first-order valence-corrected chi connectivity index (χ1v) is 6.58. The van der Waals surface area contributed by atoms with Gasteiger partial charge in [0, 0.05) is 11.1 Å². The molecule has 6 heteroatoms. The highest BCUT2D eigenvalue weighted by Gasteiger charge is 2.11. The molecule has 21 heavy (non-hydrogen) atoms. The molecule has 0 bridgehead atoms. The maximum absolute atomic E-state index is 13.9. The first-order chi connectivity index (χ1) is 10.1. The summed E-state index contributed by atoms with van der Waals surface area (Å²) < 4.78 is 13.9. The van der Waals surface area contributed by atoms with Crippen LogP contribution >= 0.6 is 12.2 Å². The molecule has 0 saturated carbocycles. The number of carbonyl (C=O) groups is 1. The van der Waals surface area contributed by atoms with Crippen LogP contribution in [0.2, 0.25) is 0 Å². The van der Waals surface area contributed by atoms with Gasteiger partial charge in [0.15, 0.2) is 10.9 Å². The Morgan fingerprint density at radius 2 is 1.86 bits per heavy atom. The monoisotopic (exact) mass is 304 g/mol. The van der Waals surface area contributed by atoms with Crippen LogP contribution in [0.15, 0.2) is 48.5 Å². The highest BCUT2D eigenvalue weighted by atomic mass is 32.1. The van der Waals surface area contributed by atoms with Gasteiger partial charge in [-0.15, -0.1) is 0 Å². The number of carbonyl (C=O) groups excluding carboxylic acids is 1. The number of anilines is 1. The Morgan fingerprint density at radius 3 is 2.52 bits per heavy atom. The zero-order chi connectivity index (χ0) is 15.2. The van der Waals surface area contributed by atoms with Gasteiger partial charge in [-0.05, 0) is 30.4 Å². The summed E-state index contributed by atoms with van der Waals surface area (Å²) in [6.45, 7) is -0.412. The van der Waals surface area contributed by atoms with E-state index in [1.807, 2.05) is 0 Å². The number of aliphatic hydroxyl groups excluding tert-OH is 1. The van der Waals surface area contributed by atoms with E-state index in [-0.39, 0.29) is 22.3 Å². The SMILES string of the molecule is O=C(NC(=S)Nc1cccc(CO)c1F)c1ccccc1. The van der Waals surface area contributed by atoms with Crippen LogP contribution in [0.1, 0.15) is 15.9 Å². The minimum absolute atomic E-state index is 0.0159. The second-order valence-corrected chi connectivity index (χ2v) is 4.62. The Morgan fingerprint density at radius 1 is 1.14 bits per heavy atom. The quantitative estimate of drug-likeness (QED) is 0.762. The topological polar surface area (TPSA) is 61.4 Å². The standard InChI is InChI=1S/C15H13FN2O2S/c16-13-11(9-19)7-4-8-12(13)17-15(21)18-14(20)10-5-2-1-3-6-10/h1-8,19H,9H2,(H2,17,18,20,21). The third-order valence-electron chi connectivity index (χ3n) is 2.76. The van der Waals surface area contributed by atoms with Crippen LogP contribution in [-0.2, 0) is 6.61 Å². The van der Waals surface area contributed by atoms with Gasteiger partial charge in [-0.25, -0.2) is 4.39 Å². The van der Waals surface area contributed by atoms with E-state index in [9.17, 15) is 9.18 Å². The fourth-order valence-corrected chi connectivity index (χ4v) is 1.92. The van der Waals surface area contributed by atoms with Crippen LogP contribution in [0.3, 0.4) is 0 Å². The second kappa shape index (κ2) is 6.92. The van der Waals surface area contributed by atoms with Gasteiger partial charge in [0.25, 0.3) is 5.91 Å². The summed E-state index contributed by atoms with van der Waals surface area (Å²) in [4.78, 5) is 11.9. The first-order valence-electron chi connectivity index (χ1n) is 6.17. The number of halogens is 1. The molecule has 0 aromatic heterocycles. The molecule has 0 unspecified atom stereocenters. The third kappa shape index (κ3) is 3.84. The van der Waals surface area contributed by atoms with E-state index in [2.05, 4.69) is 10.6 Å². The van der Waals surface area contributed by atoms with Crippen LogP contribution in [-0.4, -0.2) is 16.1 Å². The minimum atomic E-state index is -0.601. The summed E-state index contributed by atoms with van der Waals surface area (Å²) in [5.41, 5.74) is 0.698. The molecule has 2 aromatic carbocycles. The maximum atomic E-state index is 13.9. The zero-order valence-electron chi connectivity index (χ0n) is 11.0. The summed E-state index contributed by atoms with van der Waals surface area (Å²) in [6, 6.07) is 13.1. The van der Waals surface area contributed by atoms with E-state index in [1.54, 1.807) is 36.4 Å². The normalized spacial score (nSPS) is 10.0.